The number of para-hydroxylation sites is 1. The minimum absolute atomic E-state index is 0.306. The molecule has 0 aliphatic rings. The molecule has 5 rings (SSSR count). The Labute approximate surface area is 165 Å². The summed E-state index contributed by atoms with van der Waals surface area (Å²) < 4.78 is 13.4. The second-order valence-electron chi connectivity index (χ2n) is 6.43. The van der Waals surface area contributed by atoms with Crippen molar-refractivity contribution in [1.29, 1.82) is 0 Å². The maximum Gasteiger partial charge on any atom is 0.217 e. The first-order valence-electron chi connectivity index (χ1n) is 8.75. The molecule has 0 unspecified atom stereocenters. The SMILES string of the molecule is Cc1cc(Cl)ccc1OCc1ccc(-c2nc3c4ccccc4ncn3n2)o1. The lowest BCUT2D eigenvalue weighted by atomic mass is 10.2. The molecule has 0 saturated carbocycles. The lowest BCUT2D eigenvalue weighted by Gasteiger charge is -2.07. The number of rotatable bonds is 4. The van der Waals surface area contributed by atoms with Crippen molar-refractivity contribution in [3.8, 4) is 17.3 Å². The summed E-state index contributed by atoms with van der Waals surface area (Å²) >= 11 is 5.98. The van der Waals surface area contributed by atoms with E-state index >= 15 is 0 Å². The van der Waals surface area contributed by atoms with Crippen LogP contribution in [0.25, 0.3) is 28.1 Å². The van der Waals surface area contributed by atoms with E-state index in [0.29, 0.717) is 29.0 Å². The van der Waals surface area contributed by atoms with Crippen molar-refractivity contribution >= 4 is 28.2 Å². The summed E-state index contributed by atoms with van der Waals surface area (Å²) in [5, 5.41) is 6.11. The Morgan fingerprint density at radius 1 is 1.11 bits per heavy atom. The third kappa shape index (κ3) is 2.97. The van der Waals surface area contributed by atoms with E-state index in [1.54, 1.807) is 16.9 Å². The van der Waals surface area contributed by atoms with Crippen LogP contribution in [-0.4, -0.2) is 19.6 Å². The van der Waals surface area contributed by atoms with Crippen LogP contribution in [0.1, 0.15) is 11.3 Å². The van der Waals surface area contributed by atoms with Gasteiger partial charge in [0.2, 0.25) is 5.82 Å². The first-order chi connectivity index (χ1) is 13.7. The van der Waals surface area contributed by atoms with Crippen molar-refractivity contribution in [2.45, 2.75) is 13.5 Å². The predicted octanol–water partition coefficient (Wildman–Crippen LogP) is 5.08. The van der Waals surface area contributed by atoms with Gasteiger partial charge >= 0.3 is 0 Å². The number of nitrogens with zero attached hydrogens (tertiary/aromatic N) is 4. The van der Waals surface area contributed by atoms with Gasteiger partial charge in [0.05, 0.1) is 5.52 Å². The molecule has 0 radical (unpaired) electrons. The summed E-state index contributed by atoms with van der Waals surface area (Å²) in [6.45, 7) is 2.26. The highest BCUT2D eigenvalue weighted by Gasteiger charge is 2.13. The number of ether oxygens (including phenoxy) is 1. The molecule has 3 aromatic heterocycles. The van der Waals surface area contributed by atoms with Crippen molar-refractivity contribution in [2.24, 2.45) is 0 Å². The Bertz CT molecular complexity index is 1310. The minimum atomic E-state index is 0.306. The number of fused-ring (bicyclic) bond motifs is 3. The highest BCUT2D eigenvalue weighted by atomic mass is 35.5. The van der Waals surface area contributed by atoms with Gasteiger partial charge in [-0.15, -0.1) is 5.10 Å². The molecule has 0 aliphatic heterocycles. The van der Waals surface area contributed by atoms with Crippen LogP contribution in [0.5, 0.6) is 5.75 Å². The zero-order valence-electron chi connectivity index (χ0n) is 15.0. The molecule has 0 bridgehead atoms. The molecular formula is C21H15ClN4O2. The number of aryl methyl sites for hydroxylation is 1. The van der Waals surface area contributed by atoms with Gasteiger partial charge in [-0.2, -0.15) is 0 Å². The summed E-state index contributed by atoms with van der Waals surface area (Å²) in [4.78, 5) is 9.03. The van der Waals surface area contributed by atoms with Gasteiger partial charge in [-0.3, -0.25) is 0 Å². The Morgan fingerprint density at radius 3 is 2.89 bits per heavy atom. The van der Waals surface area contributed by atoms with Crippen molar-refractivity contribution in [3.05, 3.63) is 77.3 Å². The van der Waals surface area contributed by atoms with E-state index in [9.17, 15) is 0 Å². The van der Waals surface area contributed by atoms with Crippen molar-refractivity contribution in [2.75, 3.05) is 0 Å². The van der Waals surface area contributed by atoms with Crippen molar-refractivity contribution < 1.29 is 9.15 Å². The standard InChI is InChI=1S/C21H15ClN4O2/c1-13-10-14(22)6-8-18(13)27-11-15-7-9-19(28-15)20-24-21-16-4-2-3-5-17(16)23-12-26(21)25-20/h2-10,12H,11H2,1H3. The van der Waals surface area contributed by atoms with Gasteiger partial charge in [0.15, 0.2) is 11.4 Å². The quantitative estimate of drug-likeness (QED) is 0.428. The molecular weight excluding hydrogens is 376 g/mol. The number of halogens is 1. The lowest BCUT2D eigenvalue weighted by Crippen LogP contribution is -1.95. The molecule has 3 heterocycles. The molecule has 2 aromatic carbocycles. The van der Waals surface area contributed by atoms with Gasteiger partial charge < -0.3 is 9.15 Å². The monoisotopic (exact) mass is 390 g/mol. The van der Waals surface area contributed by atoms with Crippen LogP contribution in [0.3, 0.4) is 0 Å². The lowest BCUT2D eigenvalue weighted by molar-refractivity contribution is 0.270. The van der Waals surface area contributed by atoms with Gasteiger partial charge in [-0.05, 0) is 55.0 Å². The van der Waals surface area contributed by atoms with E-state index in [4.69, 9.17) is 20.8 Å². The molecule has 28 heavy (non-hydrogen) atoms. The molecule has 0 aliphatic carbocycles. The summed E-state index contributed by atoms with van der Waals surface area (Å²) in [5.41, 5.74) is 2.59. The average molecular weight is 391 g/mol. The number of hydrogen-bond acceptors (Lipinski definition) is 5. The molecule has 6 nitrogen and oxygen atoms in total. The molecule has 138 valence electrons. The van der Waals surface area contributed by atoms with Gasteiger partial charge in [0, 0.05) is 10.4 Å². The molecule has 0 N–H and O–H groups in total. The summed E-state index contributed by atoms with van der Waals surface area (Å²) in [7, 11) is 0. The summed E-state index contributed by atoms with van der Waals surface area (Å²) in [6, 6.07) is 17.1. The fraction of sp³-hybridized carbons (Fsp3) is 0.0952. The molecule has 5 aromatic rings. The highest BCUT2D eigenvalue weighted by molar-refractivity contribution is 6.30. The molecule has 0 fully saturated rings. The van der Waals surface area contributed by atoms with Crippen LogP contribution in [0.4, 0.5) is 0 Å². The van der Waals surface area contributed by atoms with Gasteiger partial charge in [-0.25, -0.2) is 14.5 Å². The minimum Gasteiger partial charge on any atom is -0.485 e. The van der Waals surface area contributed by atoms with Crippen LogP contribution in [0.15, 0.2) is 65.3 Å². The maximum atomic E-state index is 5.98. The molecule has 0 amide bonds. The van der Waals surface area contributed by atoms with E-state index in [2.05, 4.69) is 15.1 Å². The van der Waals surface area contributed by atoms with Crippen LogP contribution in [0.2, 0.25) is 5.02 Å². The van der Waals surface area contributed by atoms with Crippen molar-refractivity contribution in [1.82, 2.24) is 19.6 Å². The second-order valence-corrected chi connectivity index (χ2v) is 6.87. The Morgan fingerprint density at radius 2 is 2.00 bits per heavy atom. The zero-order valence-corrected chi connectivity index (χ0v) is 15.7. The van der Waals surface area contributed by atoms with Crippen LogP contribution >= 0.6 is 11.6 Å². The van der Waals surface area contributed by atoms with E-state index in [1.165, 1.54) is 0 Å². The van der Waals surface area contributed by atoms with E-state index in [-0.39, 0.29) is 0 Å². The van der Waals surface area contributed by atoms with Gasteiger partial charge in [0.25, 0.3) is 0 Å². The topological polar surface area (TPSA) is 65.5 Å². The van der Waals surface area contributed by atoms with Gasteiger partial charge in [-0.1, -0.05) is 23.7 Å². The van der Waals surface area contributed by atoms with E-state index in [0.717, 1.165) is 27.9 Å². The van der Waals surface area contributed by atoms with Gasteiger partial charge in [0.1, 0.15) is 24.4 Å². The smallest absolute Gasteiger partial charge is 0.217 e. The Balaban J connectivity index is 1.42. The molecule has 0 spiro atoms. The fourth-order valence-corrected chi connectivity index (χ4v) is 3.31. The maximum absolute atomic E-state index is 5.98. The highest BCUT2D eigenvalue weighted by Crippen LogP contribution is 2.25. The first kappa shape index (κ1) is 16.8. The Kier molecular flexibility index (Phi) is 3.98. The summed E-state index contributed by atoms with van der Waals surface area (Å²) in [5.74, 6) is 2.54. The van der Waals surface area contributed by atoms with Crippen LogP contribution < -0.4 is 4.74 Å². The third-order valence-electron chi connectivity index (χ3n) is 4.47. The molecule has 0 saturated heterocycles. The first-order valence-corrected chi connectivity index (χ1v) is 9.13. The van der Waals surface area contributed by atoms with Crippen LogP contribution in [0, 0.1) is 6.92 Å². The second kappa shape index (κ2) is 6.65. The normalized spacial score (nSPS) is 11.4. The number of hydrogen-bond donors (Lipinski definition) is 0. The number of furan rings is 1. The number of benzene rings is 2. The predicted molar refractivity (Wildman–Crippen MR) is 107 cm³/mol. The summed E-state index contributed by atoms with van der Waals surface area (Å²) in [6.07, 6.45) is 1.66. The fourth-order valence-electron chi connectivity index (χ4n) is 3.08. The molecule has 0 atom stereocenters. The largest absolute Gasteiger partial charge is 0.485 e. The van der Waals surface area contributed by atoms with Crippen molar-refractivity contribution in [3.63, 3.8) is 0 Å². The third-order valence-corrected chi connectivity index (χ3v) is 4.71. The van der Waals surface area contributed by atoms with Crippen LogP contribution in [-0.2, 0) is 6.61 Å². The molecule has 7 heteroatoms. The van der Waals surface area contributed by atoms with E-state index < -0.39 is 0 Å². The average Bonchev–Trinajstić information content (AvgIpc) is 3.34. The zero-order chi connectivity index (χ0) is 19.1. The Hall–Kier alpha value is -3.38. The number of aromatic nitrogens is 4. The van der Waals surface area contributed by atoms with E-state index in [1.807, 2.05) is 55.5 Å².